The zero-order valence-electron chi connectivity index (χ0n) is 13.2. The van der Waals surface area contributed by atoms with Crippen LogP contribution in [0.2, 0.25) is 0 Å². The zero-order chi connectivity index (χ0) is 15.0. The van der Waals surface area contributed by atoms with Crippen LogP contribution in [0.25, 0.3) is 0 Å². The van der Waals surface area contributed by atoms with Crippen molar-refractivity contribution in [3.63, 3.8) is 0 Å². The van der Waals surface area contributed by atoms with Gasteiger partial charge in [-0.25, -0.2) is 0 Å². The van der Waals surface area contributed by atoms with E-state index in [9.17, 15) is 0 Å². The van der Waals surface area contributed by atoms with Crippen molar-refractivity contribution in [1.82, 2.24) is 4.90 Å². The summed E-state index contributed by atoms with van der Waals surface area (Å²) in [6.45, 7) is 3.81. The van der Waals surface area contributed by atoms with Crippen molar-refractivity contribution in [2.75, 3.05) is 34.4 Å². The molecule has 0 spiro atoms. The van der Waals surface area contributed by atoms with Gasteiger partial charge in [-0.1, -0.05) is 31.9 Å². The average molecular weight is 280 g/mol. The van der Waals surface area contributed by atoms with Crippen LogP contribution in [-0.2, 0) is 0 Å². The predicted molar refractivity (Wildman–Crippen MR) is 83.5 cm³/mol. The lowest BCUT2D eigenvalue weighted by Crippen LogP contribution is -2.31. The lowest BCUT2D eigenvalue weighted by Gasteiger charge is -2.29. The summed E-state index contributed by atoms with van der Waals surface area (Å²) in [7, 11) is 5.45. The molecule has 0 aromatic heterocycles. The topological polar surface area (TPSA) is 47.7 Å². The summed E-state index contributed by atoms with van der Waals surface area (Å²) >= 11 is 0. The maximum Gasteiger partial charge on any atom is 0.165 e. The average Bonchev–Trinajstić information content (AvgIpc) is 2.47. The van der Waals surface area contributed by atoms with Gasteiger partial charge in [0.25, 0.3) is 0 Å². The first-order valence-electron chi connectivity index (χ1n) is 7.30. The van der Waals surface area contributed by atoms with E-state index >= 15 is 0 Å². The molecule has 4 heteroatoms. The molecule has 4 nitrogen and oxygen atoms in total. The van der Waals surface area contributed by atoms with E-state index in [1.807, 2.05) is 12.1 Å². The molecule has 1 unspecified atom stereocenters. The highest BCUT2D eigenvalue weighted by Crippen LogP contribution is 2.36. The van der Waals surface area contributed by atoms with E-state index in [0.717, 1.165) is 23.6 Å². The first kappa shape index (κ1) is 16.8. The summed E-state index contributed by atoms with van der Waals surface area (Å²) < 4.78 is 10.9. The lowest BCUT2D eigenvalue weighted by atomic mass is 10.0. The van der Waals surface area contributed by atoms with Gasteiger partial charge in [0.1, 0.15) is 0 Å². The van der Waals surface area contributed by atoms with Gasteiger partial charge < -0.3 is 15.2 Å². The minimum absolute atomic E-state index is 0.150. The van der Waals surface area contributed by atoms with Crippen LogP contribution in [0.15, 0.2) is 18.2 Å². The SMILES string of the molecule is CCCCCN(C)C(CN)c1cccc(OC)c1OC. The molecule has 1 aromatic rings. The van der Waals surface area contributed by atoms with E-state index < -0.39 is 0 Å². The fraction of sp³-hybridized carbons (Fsp3) is 0.625. The molecule has 0 saturated heterocycles. The summed E-state index contributed by atoms with van der Waals surface area (Å²) in [5.74, 6) is 1.54. The Labute approximate surface area is 122 Å². The highest BCUT2D eigenvalue weighted by Gasteiger charge is 2.21. The number of unbranched alkanes of at least 4 members (excludes halogenated alkanes) is 2. The van der Waals surface area contributed by atoms with Gasteiger partial charge in [-0.3, -0.25) is 4.90 Å². The van der Waals surface area contributed by atoms with E-state index in [1.165, 1.54) is 19.3 Å². The number of para-hydroxylation sites is 1. The van der Waals surface area contributed by atoms with Crippen molar-refractivity contribution in [2.24, 2.45) is 5.73 Å². The molecule has 0 aliphatic rings. The molecule has 0 heterocycles. The van der Waals surface area contributed by atoms with E-state index in [-0.39, 0.29) is 6.04 Å². The molecule has 0 saturated carbocycles. The highest BCUT2D eigenvalue weighted by atomic mass is 16.5. The van der Waals surface area contributed by atoms with Gasteiger partial charge in [0.05, 0.1) is 20.3 Å². The Bertz CT molecular complexity index is 396. The zero-order valence-corrected chi connectivity index (χ0v) is 13.2. The highest BCUT2D eigenvalue weighted by molar-refractivity contribution is 5.48. The second kappa shape index (κ2) is 8.82. The monoisotopic (exact) mass is 280 g/mol. The van der Waals surface area contributed by atoms with Crippen molar-refractivity contribution in [1.29, 1.82) is 0 Å². The standard InChI is InChI=1S/C16H28N2O2/c1-5-6-7-11-18(2)14(12-17)13-9-8-10-15(19-3)16(13)20-4/h8-10,14H,5-7,11-12,17H2,1-4H3. The molecule has 114 valence electrons. The molecule has 0 aliphatic carbocycles. The fourth-order valence-corrected chi connectivity index (χ4v) is 2.49. The Balaban J connectivity index is 2.93. The maximum absolute atomic E-state index is 5.99. The van der Waals surface area contributed by atoms with Gasteiger partial charge in [0.15, 0.2) is 11.5 Å². The molecule has 2 N–H and O–H groups in total. The normalized spacial score (nSPS) is 12.5. The Morgan fingerprint density at radius 2 is 1.95 bits per heavy atom. The molecule has 0 aliphatic heterocycles. The van der Waals surface area contributed by atoms with Crippen LogP contribution in [0.5, 0.6) is 11.5 Å². The van der Waals surface area contributed by atoms with Crippen LogP contribution in [0.3, 0.4) is 0 Å². The summed E-state index contributed by atoms with van der Waals surface area (Å²) in [5.41, 5.74) is 7.08. The minimum atomic E-state index is 0.150. The number of nitrogens with zero attached hydrogens (tertiary/aromatic N) is 1. The van der Waals surface area contributed by atoms with Gasteiger partial charge in [-0.15, -0.1) is 0 Å². The van der Waals surface area contributed by atoms with Crippen LogP contribution in [0.4, 0.5) is 0 Å². The summed E-state index contributed by atoms with van der Waals surface area (Å²) in [6.07, 6.45) is 3.66. The van der Waals surface area contributed by atoms with Crippen molar-refractivity contribution < 1.29 is 9.47 Å². The Kier molecular flexibility index (Phi) is 7.41. The number of hydrogen-bond donors (Lipinski definition) is 1. The molecule has 0 bridgehead atoms. The molecule has 1 rings (SSSR count). The van der Waals surface area contributed by atoms with Crippen LogP contribution >= 0.6 is 0 Å². The number of ether oxygens (including phenoxy) is 2. The Morgan fingerprint density at radius 3 is 2.50 bits per heavy atom. The first-order valence-corrected chi connectivity index (χ1v) is 7.30. The number of nitrogens with two attached hydrogens (primary N) is 1. The van der Waals surface area contributed by atoms with Crippen LogP contribution in [-0.4, -0.2) is 39.3 Å². The number of rotatable bonds is 9. The number of likely N-dealkylation sites (N-methyl/N-ethyl adjacent to an activating group) is 1. The van der Waals surface area contributed by atoms with Gasteiger partial charge in [-0.2, -0.15) is 0 Å². The quantitative estimate of drug-likeness (QED) is 0.707. The molecule has 0 radical (unpaired) electrons. The maximum atomic E-state index is 5.99. The largest absolute Gasteiger partial charge is 0.493 e. The molecule has 0 fully saturated rings. The number of hydrogen-bond acceptors (Lipinski definition) is 4. The predicted octanol–water partition coefficient (Wildman–Crippen LogP) is 2.83. The van der Waals surface area contributed by atoms with E-state index in [0.29, 0.717) is 6.54 Å². The molecule has 20 heavy (non-hydrogen) atoms. The van der Waals surface area contributed by atoms with Crippen molar-refractivity contribution in [3.05, 3.63) is 23.8 Å². The van der Waals surface area contributed by atoms with E-state index in [4.69, 9.17) is 15.2 Å². The third-order valence-electron chi connectivity index (χ3n) is 3.66. The summed E-state index contributed by atoms with van der Waals surface area (Å²) in [5, 5.41) is 0. The number of benzene rings is 1. The van der Waals surface area contributed by atoms with E-state index in [1.54, 1.807) is 14.2 Å². The molecular weight excluding hydrogens is 252 g/mol. The second-order valence-corrected chi connectivity index (χ2v) is 5.02. The number of methoxy groups -OCH3 is 2. The smallest absolute Gasteiger partial charge is 0.165 e. The van der Waals surface area contributed by atoms with Crippen molar-refractivity contribution in [3.8, 4) is 11.5 Å². The third-order valence-corrected chi connectivity index (χ3v) is 3.66. The lowest BCUT2D eigenvalue weighted by molar-refractivity contribution is 0.237. The first-order chi connectivity index (χ1) is 9.69. The fourth-order valence-electron chi connectivity index (χ4n) is 2.49. The summed E-state index contributed by atoms with van der Waals surface area (Å²) in [4.78, 5) is 2.30. The van der Waals surface area contributed by atoms with Crippen LogP contribution in [0.1, 0.15) is 37.8 Å². The van der Waals surface area contributed by atoms with Crippen LogP contribution in [0, 0.1) is 0 Å². The molecule has 0 amide bonds. The van der Waals surface area contributed by atoms with Gasteiger partial charge >= 0.3 is 0 Å². The van der Waals surface area contributed by atoms with Crippen molar-refractivity contribution in [2.45, 2.75) is 32.2 Å². The van der Waals surface area contributed by atoms with Gasteiger partial charge in [-0.05, 0) is 26.1 Å². The third kappa shape index (κ3) is 4.12. The van der Waals surface area contributed by atoms with Crippen molar-refractivity contribution >= 4 is 0 Å². The van der Waals surface area contributed by atoms with E-state index in [2.05, 4.69) is 24.9 Å². The molecule has 1 aromatic carbocycles. The van der Waals surface area contributed by atoms with Gasteiger partial charge in [0.2, 0.25) is 0 Å². The minimum Gasteiger partial charge on any atom is -0.493 e. The second-order valence-electron chi connectivity index (χ2n) is 5.02. The van der Waals surface area contributed by atoms with Gasteiger partial charge in [0, 0.05) is 12.1 Å². The van der Waals surface area contributed by atoms with Crippen LogP contribution < -0.4 is 15.2 Å². The molecule has 1 atom stereocenters. The molecular formula is C16H28N2O2. The summed E-state index contributed by atoms with van der Waals surface area (Å²) in [6, 6.07) is 6.11. The Morgan fingerprint density at radius 1 is 1.20 bits per heavy atom. The Hall–Kier alpha value is -1.26.